The number of carboxylic acid groups (broad SMARTS) is 1. The Morgan fingerprint density at radius 1 is 1.00 bits per heavy atom. The van der Waals surface area contributed by atoms with Crippen molar-refractivity contribution in [3.63, 3.8) is 0 Å². The zero-order valence-electron chi connectivity index (χ0n) is 18.3. The quantitative estimate of drug-likeness (QED) is 0.539. The highest BCUT2D eigenvalue weighted by Gasteiger charge is 2.29. The van der Waals surface area contributed by atoms with Crippen molar-refractivity contribution in [3.8, 4) is 11.1 Å². The lowest BCUT2D eigenvalue weighted by Crippen LogP contribution is -2.41. The van der Waals surface area contributed by atoms with Crippen molar-refractivity contribution in [2.24, 2.45) is 0 Å². The number of carbonyl (C=O) groups excluding carboxylic acids is 1. The molecule has 7 nitrogen and oxygen atoms in total. The maximum atomic E-state index is 12.7. The predicted octanol–water partition coefficient (Wildman–Crippen LogP) is 4.19. The Labute approximate surface area is 187 Å². The van der Waals surface area contributed by atoms with E-state index in [9.17, 15) is 9.59 Å². The molecule has 1 amide bonds. The van der Waals surface area contributed by atoms with Crippen molar-refractivity contribution in [2.75, 3.05) is 20.7 Å². The van der Waals surface area contributed by atoms with E-state index >= 15 is 0 Å². The summed E-state index contributed by atoms with van der Waals surface area (Å²) in [6.07, 6.45) is 3.40. The van der Waals surface area contributed by atoms with E-state index in [0.29, 0.717) is 13.1 Å². The van der Waals surface area contributed by atoms with Gasteiger partial charge in [-0.1, -0.05) is 48.5 Å². The van der Waals surface area contributed by atoms with Crippen molar-refractivity contribution in [1.29, 1.82) is 0 Å². The minimum atomic E-state index is -0.827. The third-order valence-corrected chi connectivity index (χ3v) is 5.92. The summed E-state index contributed by atoms with van der Waals surface area (Å²) >= 11 is 0. The molecule has 0 saturated carbocycles. The van der Waals surface area contributed by atoms with Gasteiger partial charge in [-0.05, 0) is 33.9 Å². The molecule has 1 heterocycles. The van der Waals surface area contributed by atoms with E-state index in [1.807, 2.05) is 54.3 Å². The van der Waals surface area contributed by atoms with Crippen LogP contribution in [0.15, 0.2) is 67.0 Å². The second-order valence-corrected chi connectivity index (χ2v) is 8.04. The lowest BCUT2D eigenvalue weighted by atomic mass is 9.98. The summed E-state index contributed by atoms with van der Waals surface area (Å²) in [5, 5.41) is 12.1. The van der Waals surface area contributed by atoms with Crippen LogP contribution in [0, 0.1) is 0 Å². The summed E-state index contributed by atoms with van der Waals surface area (Å²) in [6.45, 7) is 1.19. The normalized spacial score (nSPS) is 12.5. The Kier molecular flexibility index (Phi) is 6.28. The molecule has 0 unspecified atom stereocenters. The van der Waals surface area contributed by atoms with Crippen LogP contribution >= 0.6 is 0 Å². The minimum Gasteiger partial charge on any atom is -0.481 e. The number of rotatable bonds is 8. The van der Waals surface area contributed by atoms with E-state index in [-0.39, 0.29) is 18.9 Å². The molecular weight excluding hydrogens is 406 g/mol. The first-order valence-electron chi connectivity index (χ1n) is 10.6. The van der Waals surface area contributed by atoms with Crippen LogP contribution in [0.5, 0.6) is 0 Å². The van der Waals surface area contributed by atoms with Gasteiger partial charge >= 0.3 is 12.1 Å². The first kappa shape index (κ1) is 21.6. The lowest BCUT2D eigenvalue weighted by molar-refractivity contribution is -0.137. The number of aryl methyl sites for hydroxylation is 1. The highest BCUT2D eigenvalue weighted by Crippen LogP contribution is 2.44. The van der Waals surface area contributed by atoms with Crippen molar-refractivity contribution in [2.45, 2.75) is 25.4 Å². The number of aliphatic carboxylic acids is 1. The van der Waals surface area contributed by atoms with Gasteiger partial charge in [-0.2, -0.15) is 0 Å². The van der Waals surface area contributed by atoms with Gasteiger partial charge in [0.05, 0.1) is 6.42 Å². The molecule has 2 aromatic carbocycles. The molecule has 1 aliphatic rings. The van der Waals surface area contributed by atoms with Gasteiger partial charge in [-0.15, -0.1) is 0 Å². The molecule has 4 rings (SSSR count). The minimum absolute atomic E-state index is 0.0216. The van der Waals surface area contributed by atoms with Gasteiger partial charge in [0.25, 0.3) is 0 Å². The molecule has 32 heavy (non-hydrogen) atoms. The maximum absolute atomic E-state index is 12.7. The second-order valence-electron chi connectivity index (χ2n) is 8.04. The molecule has 1 aliphatic carbocycles. The molecule has 0 atom stereocenters. The largest absolute Gasteiger partial charge is 0.481 e. The van der Waals surface area contributed by atoms with Gasteiger partial charge in [0.2, 0.25) is 0 Å². The van der Waals surface area contributed by atoms with E-state index < -0.39 is 12.1 Å². The molecule has 0 aliphatic heterocycles. The van der Waals surface area contributed by atoms with E-state index in [0.717, 1.165) is 5.56 Å². The van der Waals surface area contributed by atoms with Crippen LogP contribution in [-0.4, -0.2) is 52.5 Å². The molecule has 166 valence electrons. The molecule has 0 radical (unpaired) electrons. The summed E-state index contributed by atoms with van der Waals surface area (Å²) < 4.78 is 7.54. The van der Waals surface area contributed by atoms with Crippen LogP contribution in [0.25, 0.3) is 11.1 Å². The number of carboxylic acids is 1. The first-order valence-corrected chi connectivity index (χ1v) is 10.6. The highest BCUT2D eigenvalue weighted by atomic mass is 16.6. The Hall–Kier alpha value is -3.58. The smallest absolute Gasteiger partial charge is 0.424 e. The molecular formula is C25H27N3O4. The van der Waals surface area contributed by atoms with Crippen LogP contribution in [0.3, 0.4) is 0 Å². The Balaban J connectivity index is 1.36. The zero-order valence-corrected chi connectivity index (χ0v) is 18.3. The molecule has 1 aromatic heterocycles. The van der Waals surface area contributed by atoms with Gasteiger partial charge in [0, 0.05) is 45.5 Å². The summed E-state index contributed by atoms with van der Waals surface area (Å²) in [4.78, 5) is 23.5. The van der Waals surface area contributed by atoms with Gasteiger partial charge in [-0.3, -0.25) is 4.79 Å². The summed E-state index contributed by atoms with van der Waals surface area (Å²) in [5.41, 5.74) is 5.74. The Morgan fingerprint density at radius 2 is 1.62 bits per heavy atom. The fraction of sp³-hybridized carbons (Fsp3) is 0.280. The Morgan fingerprint density at radius 3 is 2.25 bits per heavy atom. The van der Waals surface area contributed by atoms with Crippen LogP contribution in [0.2, 0.25) is 0 Å². The molecule has 7 heteroatoms. The SMILES string of the molecule is CN(Cc1ccn(CCC(=O)O)c1)N(C)C(=O)OCC1c2ccccc2-c2ccccc21. The lowest BCUT2D eigenvalue weighted by Gasteiger charge is -2.27. The van der Waals surface area contributed by atoms with E-state index in [1.54, 1.807) is 12.1 Å². The number of hydrazine groups is 1. The molecule has 0 spiro atoms. The van der Waals surface area contributed by atoms with Crippen molar-refractivity contribution >= 4 is 12.1 Å². The van der Waals surface area contributed by atoms with E-state index in [1.165, 1.54) is 27.3 Å². The van der Waals surface area contributed by atoms with Gasteiger partial charge < -0.3 is 14.4 Å². The number of hydrogen-bond acceptors (Lipinski definition) is 4. The maximum Gasteiger partial charge on any atom is 0.424 e. The van der Waals surface area contributed by atoms with Gasteiger partial charge in [-0.25, -0.2) is 14.8 Å². The Bertz CT molecular complexity index is 1080. The number of carbonyl (C=O) groups is 2. The summed E-state index contributed by atoms with van der Waals surface area (Å²) in [6, 6.07) is 18.4. The zero-order chi connectivity index (χ0) is 22.7. The number of ether oxygens (including phenoxy) is 1. The average Bonchev–Trinajstić information content (AvgIpc) is 3.37. The van der Waals surface area contributed by atoms with E-state index in [4.69, 9.17) is 9.84 Å². The fourth-order valence-corrected chi connectivity index (χ4v) is 4.14. The van der Waals surface area contributed by atoms with Crippen molar-refractivity contribution in [1.82, 2.24) is 14.6 Å². The topological polar surface area (TPSA) is 75.0 Å². The number of hydrogen-bond donors (Lipinski definition) is 1. The van der Waals surface area contributed by atoms with Crippen LogP contribution in [0.4, 0.5) is 4.79 Å². The average molecular weight is 434 g/mol. The first-order chi connectivity index (χ1) is 15.4. The fourth-order valence-electron chi connectivity index (χ4n) is 4.14. The highest BCUT2D eigenvalue weighted by molar-refractivity contribution is 5.79. The standard InChI is InChI=1S/C25H27N3O4/c1-26(15-18-11-13-28(16-18)14-12-24(29)30)27(2)25(31)32-17-23-21-9-5-3-7-19(21)20-8-4-6-10-22(20)23/h3-11,13,16,23H,12,14-15,17H2,1-2H3,(H,29,30). The molecule has 1 N–H and O–H groups in total. The number of benzene rings is 2. The number of nitrogens with zero attached hydrogens (tertiary/aromatic N) is 3. The van der Waals surface area contributed by atoms with Crippen LogP contribution in [-0.2, 0) is 22.6 Å². The third-order valence-electron chi connectivity index (χ3n) is 5.92. The van der Waals surface area contributed by atoms with Crippen LogP contribution in [0.1, 0.15) is 29.0 Å². The van der Waals surface area contributed by atoms with Crippen molar-refractivity contribution < 1.29 is 19.4 Å². The third kappa shape index (κ3) is 4.53. The van der Waals surface area contributed by atoms with Crippen molar-refractivity contribution in [3.05, 3.63) is 83.7 Å². The molecule has 0 saturated heterocycles. The monoisotopic (exact) mass is 433 g/mol. The number of amides is 1. The number of aromatic nitrogens is 1. The predicted molar refractivity (Wildman–Crippen MR) is 121 cm³/mol. The van der Waals surface area contributed by atoms with Crippen LogP contribution < -0.4 is 0 Å². The molecule has 0 fully saturated rings. The van der Waals surface area contributed by atoms with Gasteiger partial charge in [0.15, 0.2) is 0 Å². The second kappa shape index (κ2) is 9.28. The summed E-state index contributed by atoms with van der Waals surface area (Å²) in [5.74, 6) is -0.805. The van der Waals surface area contributed by atoms with Gasteiger partial charge in [0.1, 0.15) is 6.61 Å². The number of fused-ring (bicyclic) bond motifs is 3. The van der Waals surface area contributed by atoms with E-state index in [2.05, 4.69) is 24.3 Å². The molecule has 3 aromatic rings. The molecule has 0 bridgehead atoms. The summed E-state index contributed by atoms with van der Waals surface area (Å²) in [7, 11) is 3.50.